The van der Waals surface area contributed by atoms with Gasteiger partial charge in [0.1, 0.15) is 5.15 Å². The van der Waals surface area contributed by atoms with E-state index in [9.17, 15) is 13.2 Å². The predicted octanol–water partition coefficient (Wildman–Crippen LogP) is 1.74. The number of hydrogen-bond donors (Lipinski definition) is 1. The molecule has 0 spiro atoms. The number of nitrogens with zero attached hydrogens (tertiary/aromatic N) is 1. The third-order valence-corrected chi connectivity index (χ3v) is 3.91. The van der Waals surface area contributed by atoms with Crippen LogP contribution in [-0.2, 0) is 19.6 Å². The average Bonchev–Trinajstić information content (AvgIpc) is 2.32. The van der Waals surface area contributed by atoms with Gasteiger partial charge in [-0.05, 0) is 25.5 Å². The number of aromatic nitrogens is 1. The van der Waals surface area contributed by atoms with Crippen molar-refractivity contribution in [2.75, 3.05) is 17.6 Å². The van der Waals surface area contributed by atoms with E-state index in [1.54, 1.807) is 13.0 Å². The lowest BCUT2D eigenvalue weighted by Gasteiger charge is -2.09. The van der Waals surface area contributed by atoms with E-state index in [1.165, 1.54) is 13.2 Å². The highest BCUT2D eigenvalue weighted by atomic mass is 35.5. The second-order valence-electron chi connectivity index (χ2n) is 3.87. The molecule has 1 aromatic heterocycles. The number of rotatable bonds is 6. The lowest BCUT2D eigenvalue weighted by Crippen LogP contribution is -2.18. The molecular weight excluding hydrogens is 292 g/mol. The molecule has 0 amide bonds. The summed E-state index contributed by atoms with van der Waals surface area (Å²) in [6.07, 6.45) is 0.261. The summed E-state index contributed by atoms with van der Waals surface area (Å²) in [7, 11) is -2.25. The van der Waals surface area contributed by atoms with E-state index in [1.807, 2.05) is 0 Å². The fourth-order valence-electron chi connectivity index (χ4n) is 1.37. The summed E-state index contributed by atoms with van der Waals surface area (Å²) in [5, 5.41) is 0.297. The largest absolute Gasteiger partial charge is 0.469 e. The third-order valence-electron chi connectivity index (χ3n) is 2.34. The summed E-state index contributed by atoms with van der Waals surface area (Å²) in [5.41, 5.74) is 0.867. The Labute approximate surface area is 117 Å². The van der Waals surface area contributed by atoms with Crippen molar-refractivity contribution in [3.8, 4) is 0 Å². The molecule has 1 heterocycles. The zero-order valence-corrected chi connectivity index (χ0v) is 12.2. The molecule has 0 unspecified atom stereocenters. The molecule has 0 bridgehead atoms. The topological polar surface area (TPSA) is 85.4 Å². The Morgan fingerprint density at radius 1 is 1.47 bits per heavy atom. The van der Waals surface area contributed by atoms with E-state index in [-0.39, 0.29) is 18.6 Å². The highest BCUT2D eigenvalue weighted by Gasteiger charge is 2.13. The number of pyridine rings is 1. The third kappa shape index (κ3) is 5.44. The van der Waals surface area contributed by atoms with Crippen LogP contribution in [0.4, 0.5) is 5.69 Å². The molecule has 0 saturated heterocycles. The van der Waals surface area contributed by atoms with Gasteiger partial charge >= 0.3 is 5.97 Å². The van der Waals surface area contributed by atoms with Gasteiger partial charge in [0, 0.05) is 6.42 Å². The molecule has 1 rings (SSSR count). The van der Waals surface area contributed by atoms with Crippen LogP contribution in [0, 0.1) is 6.92 Å². The molecular formula is C11H15ClN2O4S. The van der Waals surface area contributed by atoms with E-state index in [4.69, 9.17) is 11.6 Å². The molecule has 0 aliphatic rings. The number of carbonyl (C=O) groups excluding carboxylic acids is 1. The lowest BCUT2D eigenvalue weighted by molar-refractivity contribution is -0.140. The van der Waals surface area contributed by atoms with Crippen LogP contribution in [0.5, 0.6) is 0 Å². The fourth-order valence-corrected chi connectivity index (χ4v) is 2.73. The summed E-state index contributed by atoms with van der Waals surface area (Å²) in [6.45, 7) is 1.65. The molecule has 106 valence electrons. The molecule has 0 fully saturated rings. The molecule has 6 nitrogen and oxygen atoms in total. The molecule has 0 aromatic carbocycles. The number of aryl methyl sites for hydroxylation is 1. The van der Waals surface area contributed by atoms with Gasteiger partial charge in [0.25, 0.3) is 0 Å². The number of esters is 1. The number of methoxy groups -OCH3 is 1. The maximum atomic E-state index is 11.8. The van der Waals surface area contributed by atoms with Crippen molar-refractivity contribution >= 4 is 33.3 Å². The first-order valence-electron chi connectivity index (χ1n) is 5.54. The molecule has 0 saturated carbocycles. The Hall–Kier alpha value is -1.34. The van der Waals surface area contributed by atoms with Crippen LogP contribution in [0.1, 0.15) is 18.5 Å². The van der Waals surface area contributed by atoms with Crippen molar-refractivity contribution in [3.05, 3.63) is 23.0 Å². The minimum Gasteiger partial charge on any atom is -0.469 e. The van der Waals surface area contributed by atoms with Gasteiger partial charge in [0.2, 0.25) is 10.0 Å². The lowest BCUT2D eigenvalue weighted by atomic mass is 10.3. The highest BCUT2D eigenvalue weighted by Crippen LogP contribution is 2.17. The molecule has 0 atom stereocenters. The van der Waals surface area contributed by atoms with Gasteiger partial charge in [-0.2, -0.15) is 0 Å². The van der Waals surface area contributed by atoms with Crippen molar-refractivity contribution < 1.29 is 17.9 Å². The normalized spacial score (nSPS) is 11.1. The number of anilines is 1. The van der Waals surface area contributed by atoms with Gasteiger partial charge in [-0.15, -0.1) is 0 Å². The van der Waals surface area contributed by atoms with E-state index >= 15 is 0 Å². The summed E-state index contributed by atoms with van der Waals surface area (Å²) in [6, 6.07) is 3.05. The Bertz CT molecular complexity index is 560. The summed E-state index contributed by atoms with van der Waals surface area (Å²) in [5.74, 6) is -0.594. The van der Waals surface area contributed by atoms with Gasteiger partial charge in [0.15, 0.2) is 0 Å². The SMILES string of the molecule is COC(=O)CCCS(=O)(=O)Nc1ccc(Cl)nc1C. The van der Waals surface area contributed by atoms with Crippen LogP contribution in [0.25, 0.3) is 0 Å². The average molecular weight is 307 g/mol. The Balaban J connectivity index is 2.61. The van der Waals surface area contributed by atoms with Crippen molar-refractivity contribution in [2.45, 2.75) is 19.8 Å². The van der Waals surface area contributed by atoms with E-state index in [0.29, 0.717) is 16.5 Å². The molecule has 0 radical (unpaired) electrons. The smallest absolute Gasteiger partial charge is 0.305 e. The number of carbonyl (C=O) groups is 1. The first-order valence-corrected chi connectivity index (χ1v) is 7.57. The highest BCUT2D eigenvalue weighted by molar-refractivity contribution is 7.92. The Morgan fingerprint density at radius 2 is 2.16 bits per heavy atom. The van der Waals surface area contributed by atoms with Crippen molar-refractivity contribution in [1.82, 2.24) is 4.98 Å². The maximum absolute atomic E-state index is 11.8. The standard InChI is InChI=1S/C11H15ClN2O4S/c1-8-9(5-6-10(12)13-8)14-19(16,17)7-3-4-11(15)18-2/h5-6,14H,3-4,7H2,1-2H3. The van der Waals surface area contributed by atoms with E-state index < -0.39 is 16.0 Å². The second-order valence-corrected chi connectivity index (χ2v) is 6.10. The molecule has 19 heavy (non-hydrogen) atoms. The minimum absolute atomic E-state index is 0.0647. The van der Waals surface area contributed by atoms with Crippen LogP contribution in [0.3, 0.4) is 0 Å². The van der Waals surface area contributed by atoms with Crippen LogP contribution >= 0.6 is 11.6 Å². The summed E-state index contributed by atoms with van der Waals surface area (Å²) >= 11 is 5.68. The van der Waals surface area contributed by atoms with Crippen LogP contribution in [0.15, 0.2) is 12.1 Å². The monoisotopic (exact) mass is 306 g/mol. The number of sulfonamides is 1. The van der Waals surface area contributed by atoms with Crippen molar-refractivity contribution in [2.24, 2.45) is 0 Å². The second kappa shape index (κ2) is 6.72. The predicted molar refractivity (Wildman–Crippen MR) is 72.6 cm³/mol. The molecule has 1 N–H and O–H groups in total. The van der Waals surface area contributed by atoms with Gasteiger partial charge in [-0.3, -0.25) is 9.52 Å². The molecule has 8 heteroatoms. The van der Waals surface area contributed by atoms with E-state index in [2.05, 4.69) is 14.4 Å². The quantitative estimate of drug-likeness (QED) is 0.639. The van der Waals surface area contributed by atoms with Gasteiger partial charge in [0.05, 0.1) is 24.2 Å². The molecule has 0 aliphatic carbocycles. The summed E-state index contributed by atoms with van der Waals surface area (Å²) < 4.78 is 30.4. The molecule has 1 aromatic rings. The van der Waals surface area contributed by atoms with E-state index in [0.717, 1.165) is 0 Å². The van der Waals surface area contributed by atoms with Gasteiger partial charge in [-0.1, -0.05) is 11.6 Å². The van der Waals surface area contributed by atoms with Crippen LogP contribution in [0.2, 0.25) is 5.15 Å². The molecule has 0 aliphatic heterocycles. The van der Waals surface area contributed by atoms with Gasteiger partial charge in [-0.25, -0.2) is 13.4 Å². The zero-order chi connectivity index (χ0) is 14.5. The number of hydrogen-bond acceptors (Lipinski definition) is 5. The maximum Gasteiger partial charge on any atom is 0.305 e. The summed E-state index contributed by atoms with van der Waals surface area (Å²) in [4.78, 5) is 14.8. The Kier molecular flexibility index (Phi) is 5.56. The van der Waals surface area contributed by atoms with Crippen LogP contribution < -0.4 is 4.72 Å². The Morgan fingerprint density at radius 3 is 2.74 bits per heavy atom. The number of ether oxygens (including phenoxy) is 1. The first kappa shape index (κ1) is 15.7. The fraction of sp³-hybridized carbons (Fsp3) is 0.455. The first-order chi connectivity index (χ1) is 8.84. The number of nitrogens with one attached hydrogen (secondary N) is 1. The van der Waals surface area contributed by atoms with Crippen molar-refractivity contribution in [1.29, 1.82) is 0 Å². The van der Waals surface area contributed by atoms with Gasteiger partial charge < -0.3 is 4.74 Å². The van der Waals surface area contributed by atoms with Crippen molar-refractivity contribution in [3.63, 3.8) is 0 Å². The van der Waals surface area contributed by atoms with Crippen LogP contribution in [-0.4, -0.2) is 32.2 Å². The number of halogens is 1. The minimum atomic E-state index is -3.51. The zero-order valence-electron chi connectivity index (χ0n) is 10.6.